The van der Waals surface area contributed by atoms with Crippen LogP contribution in [0.1, 0.15) is 6.92 Å². The molecule has 0 fully saturated rings. The van der Waals surface area contributed by atoms with E-state index in [1.54, 1.807) is 18.3 Å². The molecule has 0 aromatic carbocycles. The Labute approximate surface area is 83.1 Å². The third-order valence-corrected chi connectivity index (χ3v) is 1.86. The van der Waals surface area contributed by atoms with Crippen LogP contribution < -0.4 is 0 Å². The molecular formula is C9H12ClN3. The van der Waals surface area contributed by atoms with E-state index in [2.05, 4.69) is 9.98 Å². The normalized spacial score (nSPS) is 11.5. The Morgan fingerprint density at radius 2 is 2.15 bits per heavy atom. The number of pyridine rings is 1. The van der Waals surface area contributed by atoms with Gasteiger partial charge in [-0.25, -0.2) is 9.98 Å². The second-order valence-electron chi connectivity index (χ2n) is 2.89. The Morgan fingerprint density at radius 1 is 1.46 bits per heavy atom. The Kier molecular flexibility index (Phi) is 3.25. The molecule has 0 aliphatic heterocycles. The van der Waals surface area contributed by atoms with Crippen LogP contribution in [-0.2, 0) is 0 Å². The van der Waals surface area contributed by atoms with E-state index < -0.39 is 0 Å². The lowest BCUT2D eigenvalue weighted by atomic mass is 10.4. The highest BCUT2D eigenvalue weighted by molar-refractivity contribution is 6.30. The predicted molar refractivity (Wildman–Crippen MR) is 55.7 cm³/mol. The van der Waals surface area contributed by atoms with Crippen LogP contribution in [0, 0.1) is 0 Å². The molecule has 0 saturated carbocycles. The van der Waals surface area contributed by atoms with Gasteiger partial charge in [0.15, 0.2) is 5.82 Å². The third kappa shape index (κ3) is 3.03. The fourth-order valence-electron chi connectivity index (χ4n) is 0.700. The largest absolute Gasteiger partial charge is 0.366 e. The van der Waals surface area contributed by atoms with Gasteiger partial charge in [-0.1, -0.05) is 11.6 Å². The molecule has 0 atom stereocenters. The van der Waals surface area contributed by atoms with Gasteiger partial charge < -0.3 is 4.90 Å². The lowest BCUT2D eigenvalue weighted by molar-refractivity contribution is 0.618. The molecule has 1 aromatic rings. The van der Waals surface area contributed by atoms with Crippen molar-refractivity contribution in [2.75, 3.05) is 14.1 Å². The van der Waals surface area contributed by atoms with Crippen molar-refractivity contribution >= 4 is 23.3 Å². The Morgan fingerprint density at radius 3 is 2.62 bits per heavy atom. The Balaban J connectivity index is 2.85. The van der Waals surface area contributed by atoms with Gasteiger partial charge in [0, 0.05) is 20.3 Å². The van der Waals surface area contributed by atoms with Crippen molar-refractivity contribution in [3.63, 3.8) is 0 Å². The Bertz CT molecular complexity index is 303. The van der Waals surface area contributed by atoms with Gasteiger partial charge >= 0.3 is 0 Å². The first kappa shape index (κ1) is 9.99. The average molecular weight is 198 g/mol. The van der Waals surface area contributed by atoms with Crippen molar-refractivity contribution in [1.29, 1.82) is 0 Å². The number of amidine groups is 1. The Hall–Kier alpha value is -1.09. The lowest BCUT2D eigenvalue weighted by Gasteiger charge is -2.10. The summed E-state index contributed by atoms with van der Waals surface area (Å²) in [5.41, 5.74) is 0. The molecule has 0 radical (unpaired) electrons. The number of nitrogens with zero attached hydrogens (tertiary/aromatic N) is 3. The lowest BCUT2D eigenvalue weighted by Crippen LogP contribution is -2.17. The molecule has 0 spiro atoms. The smallest absolute Gasteiger partial charge is 0.153 e. The van der Waals surface area contributed by atoms with E-state index in [-0.39, 0.29) is 0 Å². The molecule has 0 amide bonds. The first-order valence-electron chi connectivity index (χ1n) is 3.94. The maximum atomic E-state index is 5.69. The van der Waals surface area contributed by atoms with Gasteiger partial charge in [-0.15, -0.1) is 0 Å². The standard InChI is InChI=1S/C9H12ClN3/c1-7(13(2)3)12-9-5-4-8(10)6-11-9/h4-6H,1-3H3/b12-7+. The van der Waals surface area contributed by atoms with E-state index in [4.69, 9.17) is 11.6 Å². The van der Waals surface area contributed by atoms with Crippen molar-refractivity contribution in [2.45, 2.75) is 6.92 Å². The first-order valence-corrected chi connectivity index (χ1v) is 4.31. The number of hydrogen-bond donors (Lipinski definition) is 0. The van der Waals surface area contributed by atoms with Crippen LogP contribution in [-0.4, -0.2) is 29.8 Å². The van der Waals surface area contributed by atoms with E-state index in [0.717, 1.165) is 5.84 Å². The molecule has 1 rings (SSSR count). The molecule has 1 aromatic heterocycles. The molecule has 0 N–H and O–H groups in total. The molecular weight excluding hydrogens is 186 g/mol. The minimum atomic E-state index is 0.626. The van der Waals surface area contributed by atoms with E-state index in [1.165, 1.54) is 0 Å². The molecule has 13 heavy (non-hydrogen) atoms. The first-order chi connectivity index (χ1) is 6.09. The van der Waals surface area contributed by atoms with Gasteiger partial charge in [0.25, 0.3) is 0 Å². The summed E-state index contributed by atoms with van der Waals surface area (Å²) in [6.07, 6.45) is 1.59. The third-order valence-electron chi connectivity index (χ3n) is 1.64. The van der Waals surface area contributed by atoms with E-state index in [0.29, 0.717) is 10.8 Å². The summed E-state index contributed by atoms with van der Waals surface area (Å²) in [6.45, 7) is 1.93. The summed E-state index contributed by atoms with van der Waals surface area (Å²) in [6, 6.07) is 3.56. The zero-order chi connectivity index (χ0) is 9.84. The highest BCUT2D eigenvalue weighted by Crippen LogP contribution is 2.12. The molecule has 0 aliphatic rings. The maximum absolute atomic E-state index is 5.69. The zero-order valence-corrected chi connectivity index (χ0v) is 8.71. The van der Waals surface area contributed by atoms with Crippen LogP contribution in [0.2, 0.25) is 5.02 Å². The van der Waals surface area contributed by atoms with E-state index in [1.807, 2.05) is 25.9 Å². The molecule has 0 bridgehead atoms. The number of hydrogen-bond acceptors (Lipinski definition) is 2. The summed E-state index contributed by atoms with van der Waals surface area (Å²) in [7, 11) is 3.88. The number of rotatable bonds is 1. The minimum Gasteiger partial charge on any atom is -0.366 e. The van der Waals surface area contributed by atoms with E-state index in [9.17, 15) is 0 Å². The van der Waals surface area contributed by atoms with E-state index >= 15 is 0 Å². The highest BCUT2D eigenvalue weighted by atomic mass is 35.5. The number of aromatic nitrogens is 1. The summed E-state index contributed by atoms with van der Waals surface area (Å²) in [5.74, 6) is 1.59. The highest BCUT2D eigenvalue weighted by Gasteiger charge is 1.95. The average Bonchev–Trinajstić information content (AvgIpc) is 2.08. The van der Waals surface area contributed by atoms with Crippen molar-refractivity contribution < 1.29 is 0 Å². The summed E-state index contributed by atoms with van der Waals surface area (Å²) in [4.78, 5) is 10.3. The van der Waals surface area contributed by atoms with Gasteiger partial charge in [0.1, 0.15) is 5.84 Å². The minimum absolute atomic E-state index is 0.626. The number of aliphatic imine (C=N–C) groups is 1. The molecule has 70 valence electrons. The molecule has 0 unspecified atom stereocenters. The van der Waals surface area contributed by atoms with Crippen molar-refractivity contribution in [1.82, 2.24) is 9.88 Å². The topological polar surface area (TPSA) is 28.5 Å². The van der Waals surface area contributed by atoms with Crippen molar-refractivity contribution in [2.24, 2.45) is 4.99 Å². The molecule has 4 heteroatoms. The quantitative estimate of drug-likeness (QED) is 0.511. The second kappa shape index (κ2) is 4.23. The van der Waals surface area contributed by atoms with Gasteiger partial charge in [0.2, 0.25) is 0 Å². The van der Waals surface area contributed by atoms with Crippen LogP contribution in [0.25, 0.3) is 0 Å². The van der Waals surface area contributed by atoms with Gasteiger partial charge in [-0.05, 0) is 19.1 Å². The van der Waals surface area contributed by atoms with Crippen LogP contribution in [0.15, 0.2) is 23.3 Å². The molecule has 1 heterocycles. The SMILES string of the molecule is C/C(=N\c1ccc(Cl)cn1)N(C)C. The predicted octanol–water partition coefficient (Wildman–Crippen LogP) is 2.35. The summed E-state index contributed by atoms with van der Waals surface area (Å²) < 4.78 is 0. The molecule has 0 aliphatic carbocycles. The van der Waals surface area contributed by atoms with Gasteiger partial charge in [-0.2, -0.15) is 0 Å². The van der Waals surface area contributed by atoms with Crippen LogP contribution in [0.5, 0.6) is 0 Å². The second-order valence-corrected chi connectivity index (χ2v) is 3.32. The fraction of sp³-hybridized carbons (Fsp3) is 0.333. The monoisotopic (exact) mass is 197 g/mol. The molecule has 0 saturated heterocycles. The number of halogens is 1. The zero-order valence-electron chi connectivity index (χ0n) is 7.95. The fourth-order valence-corrected chi connectivity index (χ4v) is 0.812. The van der Waals surface area contributed by atoms with Crippen LogP contribution >= 0.6 is 11.6 Å². The van der Waals surface area contributed by atoms with Crippen molar-refractivity contribution in [3.05, 3.63) is 23.4 Å². The van der Waals surface area contributed by atoms with Gasteiger partial charge in [-0.3, -0.25) is 0 Å². The summed E-state index contributed by atoms with van der Waals surface area (Å²) >= 11 is 5.69. The van der Waals surface area contributed by atoms with Crippen molar-refractivity contribution in [3.8, 4) is 0 Å². The van der Waals surface area contributed by atoms with Crippen LogP contribution in [0.3, 0.4) is 0 Å². The summed E-state index contributed by atoms with van der Waals surface area (Å²) in [5, 5.41) is 0.626. The van der Waals surface area contributed by atoms with Crippen LogP contribution in [0.4, 0.5) is 5.82 Å². The maximum Gasteiger partial charge on any atom is 0.153 e. The molecule has 3 nitrogen and oxygen atoms in total. The van der Waals surface area contributed by atoms with Gasteiger partial charge in [0.05, 0.1) is 5.02 Å².